The minimum Gasteiger partial charge on any atom is -0.172 e. The molecule has 5 heteroatoms. The van der Waals surface area contributed by atoms with Gasteiger partial charge >= 0.3 is 0 Å². The normalized spacial score (nSPS) is 11.4. The van der Waals surface area contributed by atoms with Crippen LogP contribution in [0, 0.1) is 83.1 Å². The van der Waals surface area contributed by atoms with Gasteiger partial charge < -0.3 is 0 Å². The fourth-order valence-corrected chi connectivity index (χ4v) is 11.2. The average molecular weight is 785 g/mol. The van der Waals surface area contributed by atoms with Gasteiger partial charge in [0.05, 0.1) is 11.7 Å². The average Bonchev–Trinajstić information content (AvgIpc) is 3.66. The summed E-state index contributed by atoms with van der Waals surface area (Å²) in [5.74, 6) is 0. The van der Waals surface area contributed by atoms with E-state index in [4.69, 9.17) is 8.75 Å². The first kappa shape index (κ1) is 40.3. The number of hydrogen-bond donors (Lipinski definition) is 0. The molecule has 7 aromatic carbocycles. The summed E-state index contributed by atoms with van der Waals surface area (Å²) in [5, 5.41) is 0. The van der Waals surface area contributed by atoms with E-state index in [-0.39, 0.29) is 13.4 Å². The predicted molar refractivity (Wildman–Crippen MR) is 260 cm³/mol. The molecule has 1 heterocycles. The van der Waals surface area contributed by atoms with Crippen molar-refractivity contribution in [1.29, 1.82) is 0 Å². The molecule has 0 saturated heterocycles. The second kappa shape index (κ2) is 15.9. The lowest BCUT2D eigenvalue weighted by molar-refractivity contribution is 1.34. The second-order valence-corrected chi connectivity index (χ2v) is 18.0. The van der Waals surface area contributed by atoms with Crippen LogP contribution in [0.15, 0.2) is 109 Å². The largest absolute Gasteiger partial charge is 0.242 e. The molecule has 0 atom stereocenters. The lowest BCUT2D eigenvalue weighted by Crippen LogP contribution is -2.55. The first-order valence-electron chi connectivity index (χ1n) is 21.0. The van der Waals surface area contributed by atoms with E-state index in [0.29, 0.717) is 0 Å². The zero-order chi connectivity index (χ0) is 41.9. The van der Waals surface area contributed by atoms with Crippen molar-refractivity contribution in [1.82, 2.24) is 8.75 Å². The fraction of sp³-hybridized carbons (Fsp3) is 0.222. The Kier molecular flexibility index (Phi) is 10.9. The van der Waals surface area contributed by atoms with Crippen molar-refractivity contribution in [3.8, 4) is 22.3 Å². The third-order valence-corrected chi connectivity index (χ3v) is 13.2. The Morgan fingerprint density at radius 3 is 0.797 bits per heavy atom. The van der Waals surface area contributed by atoms with E-state index in [1.807, 2.05) is 0 Å². The van der Waals surface area contributed by atoms with Crippen molar-refractivity contribution < 1.29 is 0 Å². The van der Waals surface area contributed by atoms with E-state index in [1.165, 1.54) is 111 Å². The number of hydrogen-bond acceptors (Lipinski definition) is 3. The highest BCUT2D eigenvalue weighted by Crippen LogP contribution is 2.34. The molecule has 8 rings (SSSR count). The summed E-state index contributed by atoms with van der Waals surface area (Å²) in [7, 11) is 0. The smallest absolute Gasteiger partial charge is 0.172 e. The summed E-state index contributed by atoms with van der Waals surface area (Å²) in [6, 6.07) is 41.6. The molecule has 0 aliphatic rings. The summed E-state index contributed by atoms with van der Waals surface area (Å²) >= 11 is 1.29. The van der Waals surface area contributed by atoms with Crippen molar-refractivity contribution in [3.63, 3.8) is 0 Å². The number of benzene rings is 7. The third-order valence-electron chi connectivity index (χ3n) is 12.6. The Morgan fingerprint density at radius 1 is 0.322 bits per heavy atom. The fourth-order valence-electron chi connectivity index (χ4n) is 10.6. The maximum atomic E-state index is 4.91. The number of nitrogens with zero attached hydrogens (tertiary/aromatic N) is 2. The summed E-state index contributed by atoms with van der Waals surface area (Å²) < 4.78 is 9.81. The van der Waals surface area contributed by atoms with Crippen molar-refractivity contribution in [3.05, 3.63) is 176 Å². The van der Waals surface area contributed by atoms with E-state index < -0.39 is 0 Å². The predicted octanol–water partition coefficient (Wildman–Crippen LogP) is 9.76. The lowest BCUT2D eigenvalue weighted by Gasteiger charge is -2.25. The number of rotatable bonds is 8. The van der Waals surface area contributed by atoms with E-state index in [0.717, 1.165) is 33.3 Å². The van der Waals surface area contributed by atoms with Gasteiger partial charge in [-0.2, -0.15) is 8.75 Å². The Bertz CT molecular complexity index is 2500. The summed E-state index contributed by atoms with van der Waals surface area (Å²) in [6.07, 6.45) is 0. The molecule has 292 valence electrons. The summed E-state index contributed by atoms with van der Waals surface area (Å²) in [5.41, 5.74) is 30.6. The molecule has 1 aromatic heterocycles. The molecule has 59 heavy (non-hydrogen) atoms. The van der Waals surface area contributed by atoms with Gasteiger partial charge in [0.1, 0.15) is 11.0 Å². The van der Waals surface area contributed by atoms with E-state index in [9.17, 15) is 0 Å². The molecule has 0 saturated carbocycles. The molecule has 0 fully saturated rings. The van der Waals surface area contributed by atoms with Crippen LogP contribution >= 0.6 is 11.7 Å². The van der Waals surface area contributed by atoms with Crippen LogP contribution in [0.1, 0.15) is 66.8 Å². The Hall–Kier alpha value is -5.51. The van der Waals surface area contributed by atoms with E-state index in [2.05, 4.69) is 192 Å². The van der Waals surface area contributed by atoms with Crippen LogP contribution in [0.25, 0.3) is 33.3 Å². The zero-order valence-corrected chi connectivity index (χ0v) is 37.7. The van der Waals surface area contributed by atoms with Crippen molar-refractivity contribution in [2.45, 2.75) is 83.1 Å². The number of fused-ring (bicyclic) bond motifs is 1. The van der Waals surface area contributed by atoms with Crippen LogP contribution < -0.4 is 32.8 Å². The van der Waals surface area contributed by atoms with Crippen LogP contribution in [-0.2, 0) is 0 Å². The van der Waals surface area contributed by atoms with Gasteiger partial charge in [-0.05, 0) is 94.2 Å². The van der Waals surface area contributed by atoms with Crippen LogP contribution in [-0.4, -0.2) is 22.2 Å². The van der Waals surface area contributed by atoms with Gasteiger partial charge in [-0.3, -0.25) is 0 Å². The molecular formula is C54H54B2N2S. The molecule has 8 aromatic rings. The standard InChI is InChI=1S/C54H54B2N2S/c1-31-23-35(5)49(36(6)24-31)55(50-37(7)25-32(2)26-38(50)8)45-17-13-43(14-18-45)47-21-22-48(54-53(47)57-59-58-54)44-15-19-46(20-16-44)56(51-39(9)27-33(3)28-40(51)10)52-41(11)29-34(4)30-42(52)12/h13-30H,1-12H3. The number of aromatic nitrogens is 2. The highest BCUT2D eigenvalue weighted by atomic mass is 32.1. The molecule has 0 spiro atoms. The van der Waals surface area contributed by atoms with Crippen molar-refractivity contribution in [2.75, 3.05) is 0 Å². The molecule has 0 radical (unpaired) electrons. The highest BCUT2D eigenvalue weighted by molar-refractivity contribution is 7.00. The summed E-state index contributed by atoms with van der Waals surface area (Å²) in [6.45, 7) is 27.2. The van der Waals surface area contributed by atoms with Crippen LogP contribution in [0.4, 0.5) is 0 Å². The zero-order valence-electron chi connectivity index (χ0n) is 36.8. The lowest BCUT2D eigenvalue weighted by atomic mass is 9.34. The molecule has 0 aliphatic carbocycles. The highest BCUT2D eigenvalue weighted by Gasteiger charge is 2.30. The minimum absolute atomic E-state index is 0.133. The molecule has 2 nitrogen and oxygen atoms in total. The summed E-state index contributed by atoms with van der Waals surface area (Å²) in [4.78, 5) is 0. The molecular weight excluding hydrogens is 730 g/mol. The maximum absolute atomic E-state index is 4.91. The third kappa shape index (κ3) is 7.51. The van der Waals surface area contributed by atoms with Gasteiger partial charge in [0.25, 0.3) is 0 Å². The molecule has 0 N–H and O–H groups in total. The topological polar surface area (TPSA) is 25.8 Å². The first-order chi connectivity index (χ1) is 28.2. The van der Waals surface area contributed by atoms with Crippen LogP contribution in [0.5, 0.6) is 0 Å². The Balaban J connectivity index is 1.18. The van der Waals surface area contributed by atoms with Crippen LogP contribution in [0.3, 0.4) is 0 Å². The van der Waals surface area contributed by atoms with E-state index in [1.54, 1.807) is 0 Å². The van der Waals surface area contributed by atoms with Gasteiger partial charge in [0, 0.05) is 11.1 Å². The molecule has 0 bridgehead atoms. The van der Waals surface area contributed by atoms with Gasteiger partial charge in [-0.15, -0.1) is 0 Å². The quantitative estimate of drug-likeness (QED) is 0.144. The monoisotopic (exact) mass is 784 g/mol. The van der Waals surface area contributed by atoms with Crippen LogP contribution in [0.2, 0.25) is 0 Å². The molecule has 0 unspecified atom stereocenters. The molecule has 0 aliphatic heterocycles. The maximum Gasteiger partial charge on any atom is 0.242 e. The SMILES string of the molecule is Cc1cc(C)c(B(c2ccc(-c3ccc(-c4ccc(B(c5c(C)cc(C)cc5C)c5c(C)cc(C)cc5C)cc4)c4nsnc34)cc2)c2c(C)cc(C)cc2C)c(C)c1. The van der Waals surface area contributed by atoms with Crippen molar-refractivity contribution >= 4 is 69.0 Å². The molecule has 0 amide bonds. The first-order valence-corrected chi connectivity index (χ1v) is 21.7. The Labute approximate surface area is 357 Å². The van der Waals surface area contributed by atoms with Gasteiger partial charge in [-0.25, -0.2) is 0 Å². The second-order valence-electron chi connectivity index (χ2n) is 17.5. The van der Waals surface area contributed by atoms with Crippen molar-refractivity contribution in [2.24, 2.45) is 0 Å². The number of aryl methyl sites for hydroxylation is 12. The Morgan fingerprint density at radius 2 is 0.559 bits per heavy atom. The van der Waals surface area contributed by atoms with Gasteiger partial charge in [0.15, 0.2) is 0 Å². The van der Waals surface area contributed by atoms with Gasteiger partial charge in [0.2, 0.25) is 13.4 Å². The van der Waals surface area contributed by atoms with E-state index >= 15 is 0 Å². The van der Waals surface area contributed by atoms with Gasteiger partial charge in [-0.1, -0.05) is 209 Å². The minimum atomic E-state index is 0.133.